The number of hydrogen-bond acceptors (Lipinski definition) is 4. The highest BCUT2D eigenvalue weighted by Gasteiger charge is 2.24. The lowest BCUT2D eigenvalue weighted by molar-refractivity contribution is 0.267. The maximum atomic E-state index is 11.6. The summed E-state index contributed by atoms with van der Waals surface area (Å²) in [4.78, 5) is 0. The van der Waals surface area contributed by atoms with Crippen LogP contribution in [0, 0.1) is 11.8 Å². The fourth-order valence-electron chi connectivity index (χ4n) is 4.45. The van der Waals surface area contributed by atoms with Crippen molar-refractivity contribution in [1.29, 1.82) is 0 Å². The van der Waals surface area contributed by atoms with Crippen molar-refractivity contribution < 1.29 is 13.2 Å². The highest BCUT2D eigenvalue weighted by atomic mass is 32.2. The van der Waals surface area contributed by atoms with Crippen LogP contribution in [0.2, 0.25) is 0 Å². The van der Waals surface area contributed by atoms with Crippen LogP contribution in [-0.2, 0) is 22.9 Å². The van der Waals surface area contributed by atoms with Gasteiger partial charge in [-0.05, 0) is 93.1 Å². The molecule has 27 heavy (non-hydrogen) atoms. The van der Waals surface area contributed by atoms with E-state index in [1.807, 2.05) is 0 Å². The molecule has 1 aromatic carbocycles. The molecule has 0 unspecified atom stereocenters. The molecular weight excluding hydrogens is 360 g/mol. The van der Waals surface area contributed by atoms with Crippen molar-refractivity contribution in [2.45, 2.75) is 44.9 Å². The minimum Gasteiger partial charge on any atom is -0.497 e. The van der Waals surface area contributed by atoms with Gasteiger partial charge in [0.15, 0.2) is 0 Å². The van der Waals surface area contributed by atoms with Crippen LogP contribution in [0.15, 0.2) is 18.2 Å². The molecule has 1 heterocycles. The first-order valence-electron chi connectivity index (χ1n) is 10.3. The smallest absolute Gasteiger partial charge is 0.211 e. The Bertz CT molecular complexity index is 712. The zero-order chi connectivity index (χ0) is 19.3. The molecule has 0 bridgehead atoms. The second-order valence-electron chi connectivity index (χ2n) is 8.20. The van der Waals surface area contributed by atoms with Crippen molar-refractivity contribution in [2.75, 3.05) is 39.5 Å². The summed E-state index contributed by atoms with van der Waals surface area (Å²) in [5.41, 5.74) is 2.96. The molecule has 0 saturated carbocycles. The lowest BCUT2D eigenvalue weighted by Gasteiger charge is -2.30. The highest BCUT2D eigenvalue weighted by Crippen LogP contribution is 2.30. The quantitative estimate of drug-likeness (QED) is 0.689. The molecule has 1 atom stereocenters. The van der Waals surface area contributed by atoms with Crippen molar-refractivity contribution >= 4 is 10.0 Å². The Morgan fingerprint density at radius 1 is 1.15 bits per heavy atom. The molecule has 1 N–H and O–H groups in total. The topological polar surface area (TPSA) is 58.6 Å². The zero-order valence-electron chi connectivity index (χ0n) is 16.7. The van der Waals surface area contributed by atoms with Crippen LogP contribution >= 0.6 is 0 Å². The zero-order valence-corrected chi connectivity index (χ0v) is 17.6. The number of sulfonamides is 1. The summed E-state index contributed by atoms with van der Waals surface area (Å²) in [5, 5.41) is 3.60. The number of piperidine rings is 1. The van der Waals surface area contributed by atoms with E-state index >= 15 is 0 Å². The van der Waals surface area contributed by atoms with Gasteiger partial charge in [-0.3, -0.25) is 0 Å². The number of rotatable bonds is 8. The third kappa shape index (κ3) is 5.93. The van der Waals surface area contributed by atoms with E-state index in [1.54, 1.807) is 11.4 Å². The summed E-state index contributed by atoms with van der Waals surface area (Å²) in [7, 11) is -1.28. The van der Waals surface area contributed by atoms with Crippen molar-refractivity contribution in [3.8, 4) is 5.75 Å². The summed E-state index contributed by atoms with van der Waals surface area (Å²) >= 11 is 0. The maximum Gasteiger partial charge on any atom is 0.211 e. The van der Waals surface area contributed by atoms with E-state index in [0.717, 1.165) is 37.6 Å². The molecule has 2 aliphatic rings. The molecule has 1 aromatic rings. The molecule has 1 aliphatic heterocycles. The van der Waals surface area contributed by atoms with Gasteiger partial charge in [-0.2, -0.15) is 0 Å². The second-order valence-corrected chi connectivity index (χ2v) is 10.2. The van der Waals surface area contributed by atoms with Crippen molar-refractivity contribution in [2.24, 2.45) is 11.8 Å². The monoisotopic (exact) mass is 394 g/mol. The van der Waals surface area contributed by atoms with Crippen LogP contribution in [0.4, 0.5) is 0 Å². The van der Waals surface area contributed by atoms with Gasteiger partial charge in [-0.25, -0.2) is 12.7 Å². The largest absolute Gasteiger partial charge is 0.497 e. The van der Waals surface area contributed by atoms with Crippen LogP contribution in [-0.4, -0.2) is 52.3 Å². The second kappa shape index (κ2) is 9.39. The van der Waals surface area contributed by atoms with E-state index in [4.69, 9.17) is 4.74 Å². The van der Waals surface area contributed by atoms with Crippen LogP contribution in [0.25, 0.3) is 0 Å². The lowest BCUT2D eigenvalue weighted by atomic mass is 9.81. The minimum atomic E-state index is -3.01. The van der Waals surface area contributed by atoms with Gasteiger partial charge in [0.25, 0.3) is 0 Å². The Balaban J connectivity index is 1.31. The lowest BCUT2D eigenvalue weighted by Crippen LogP contribution is -2.40. The maximum absolute atomic E-state index is 11.6. The number of benzene rings is 1. The number of hydrogen-bond donors (Lipinski definition) is 1. The predicted octanol–water partition coefficient (Wildman–Crippen LogP) is 2.84. The van der Waals surface area contributed by atoms with Crippen molar-refractivity contribution in [3.05, 3.63) is 29.3 Å². The fourth-order valence-corrected chi connectivity index (χ4v) is 5.32. The molecule has 6 heteroatoms. The number of nitrogens with zero attached hydrogens (tertiary/aromatic N) is 1. The van der Waals surface area contributed by atoms with Gasteiger partial charge in [0.2, 0.25) is 10.0 Å². The molecular formula is C21H34N2O3S. The van der Waals surface area contributed by atoms with Crippen LogP contribution in [0.1, 0.15) is 43.2 Å². The predicted molar refractivity (Wildman–Crippen MR) is 110 cm³/mol. The molecule has 0 aromatic heterocycles. The third-order valence-electron chi connectivity index (χ3n) is 6.19. The van der Waals surface area contributed by atoms with E-state index in [1.165, 1.54) is 49.5 Å². The Labute approximate surface area is 164 Å². The first kappa shape index (κ1) is 20.6. The summed E-state index contributed by atoms with van der Waals surface area (Å²) < 4.78 is 30.1. The van der Waals surface area contributed by atoms with Gasteiger partial charge in [-0.15, -0.1) is 0 Å². The summed E-state index contributed by atoms with van der Waals surface area (Å²) in [6.45, 7) is 3.43. The van der Waals surface area contributed by atoms with Gasteiger partial charge in [-0.1, -0.05) is 6.07 Å². The molecule has 1 aliphatic carbocycles. The van der Waals surface area contributed by atoms with Gasteiger partial charge in [0.05, 0.1) is 13.4 Å². The van der Waals surface area contributed by atoms with E-state index in [2.05, 4.69) is 23.5 Å². The molecule has 1 fully saturated rings. The first-order chi connectivity index (χ1) is 13.0. The number of nitrogens with one attached hydrogen (secondary N) is 1. The highest BCUT2D eigenvalue weighted by molar-refractivity contribution is 7.88. The van der Waals surface area contributed by atoms with E-state index < -0.39 is 10.0 Å². The van der Waals surface area contributed by atoms with E-state index in [9.17, 15) is 8.42 Å². The van der Waals surface area contributed by atoms with Crippen LogP contribution in [0.5, 0.6) is 5.75 Å². The van der Waals surface area contributed by atoms with Gasteiger partial charge < -0.3 is 10.1 Å². The summed E-state index contributed by atoms with van der Waals surface area (Å²) in [5.74, 6) is 2.36. The Hall–Kier alpha value is -1.11. The Kier molecular flexibility index (Phi) is 7.17. The Morgan fingerprint density at radius 3 is 2.63 bits per heavy atom. The average Bonchev–Trinajstić information content (AvgIpc) is 2.66. The number of fused-ring (bicyclic) bond motifs is 1. The Morgan fingerprint density at radius 2 is 1.93 bits per heavy atom. The van der Waals surface area contributed by atoms with Gasteiger partial charge in [0, 0.05) is 13.1 Å². The molecule has 0 spiro atoms. The van der Waals surface area contributed by atoms with Gasteiger partial charge in [0.1, 0.15) is 5.75 Å². The number of ether oxygens (including phenoxy) is 1. The van der Waals surface area contributed by atoms with Gasteiger partial charge >= 0.3 is 0 Å². The number of methoxy groups -OCH3 is 1. The molecule has 3 rings (SSSR count). The summed E-state index contributed by atoms with van der Waals surface area (Å²) in [6.07, 6.45) is 9.41. The van der Waals surface area contributed by atoms with Crippen molar-refractivity contribution in [1.82, 2.24) is 9.62 Å². The number of aryl methyl sites for hydroxylation is 1. The van der Waals surface area contributed by atoms with Crippen LogP contribution < -0.4 is 10.1 Å². The molecule has 0 amide bonds. The SMILES string of the molecule is COc1ccc2c(c1)C[C@@H](CCCNCC1CCN(S(C)(=O)=O)CC1)CC2. The first-order valence-corrected chi connectivity index (χ1v) is 12.1. The minimum absolute atomic E-state index is 0.608. The van der Waals surface area contributed by atoms with Crippen LogP contribution in [0.3, 0.4) is 0 Å². The van der Waals surface area contributed by atoms with E-state index in [0.29, 0.717) is 19.0 Å². The molecule has 0 radical (unpaired) electrons. The third-order valence-corrected chi connectivity index (χ3v) is 7.49. The molecule has 5 nitrogen and oxygen atoms in total. The fraction of sp³-hybridized carbons (Fsp3) is 0.714. The van der Waals surface area contributed by atoms with Crippen molar-refractivity contribution in [3.63, 3.8) is 0 Å². The molecule has 152 valence electrons. The summed E-state index contributed by atoms with van der Waals surface area (Å²) in [6, 6.07) is 6.51. The van der Waals surface area contributed by atoms with E-state index in [-0.39, 0.29) is 0 Å². The molecule has 1 saturated heterocycles. The normalized spacial score (nSPS) is 21.8. The average molecular weight is 395 g/mol. The standard InChI is InChI=1S/C21H34N2O3S/c1-26-21-8-7-19-6-5-17(14-20(19)15-21)4-3-11-22-16-18-9-12-23(13-10-18)27(2,24)25/h7-8,15,17-18,22H,3-6,9-14,16H2,1-2H3/t17-/m0/s1.